The van der Waals surface area contributed by atoms with Gasteiger partial charge in [-0.1, -0.05) is 110 Å². The van der Waals surface area contributed by atoms with Crippen LogP contribution in [0.15, 0.2) is 0 Å². The molecule has 0 saturated carbocycles. The van der Waals surface area contributed by atoms with Gasteiger partial charge in [0, 0.05) is 0 Å². The second-order valence-corrected chi connectivity index (χ2v) is 8.36. The fourth-order valence-electron chi connectivity index (χ4n) is 2.28. The third-order valence-electron chi connectivity index (χ3n) is 3.84. The van der Waals surface area contributed by atoms with E-state index >= 15 is 0 Å². The van der Waals surface area contributed by atoms with E-state index in [2.05, 4.69) is 55.5 Å². The summed E-state index contributed by atoms with van der Waals surface area (Å²) in [5.74, 6) is -1.08. The highest BCUT2D eigenvalue weighted by Gasteiger charge is 2.22. The van der Waals surface area contributed by atoms with Crippen molar-refractivity contribution in [3.63, 3.8) is 0 Å². The Morgan fingerprint density at radius 2 is 1.00 bits per heavy atom. The zero-order valence-corrected chi connectivity index (χ0v) is 18.2. The first-order chi connectivity index (χ1) is 11.5. The van der Waals surface area contributed by atoms with E-state index in [0.717, 1.165) is 25.7 Å². The van der Waals surface area contributed by atoms with E-state index in [9.17, 15) is 9.59 Å². The van der Waals surface area contributed by atoms with Gasteiger partial charge in [0.2, 0.25) is 0 Å². The van der Waals surface area contributed by atoms with Crippen LogP contribution < -0.4 is 0 Å². The lowest BCUT2D eigenvalue weighted by molar-refractivity contribution is -0.258. The van der Waals surface area contributed by atoms with Crippen molar-refractivity contribution in [1.82, 2.24) is 0 Å². The van der Waals surface area contributed by atoms with Gasteiger partial charge in [0.05, 0.1) is 0 Å². The van der Waals surface area contributed by atoms with Crippen molar-refractivity contribution < 1.29 is 19.4 Å². The van der Waals surface area contributed by atoms with Crippen LogP contribution in [0.1, 0.15) is 90.9 Å². The Hall–Kier alpha value is -0.100. The third kappa shape index (κ3) is 13.2. The minimum atomic E-state index is -0.540. The summed E-state index contributed by atoms with van der Waals surface area (Å²) in [6.07, 6.45) is 12.7. The average Bonchev–Trinajstić information content (AvgIpc) is 2.58. The number of rotatable bonds is 14. The summed E-state index contributed by atoms with van der Waals surface area (Å²) < 4.78 is 0. The highest BCUT2D eigenvalue weighted by Crippen LogP contribution is 2.17. The van der Waals surface area contributed by atoms with Crippen molar-refractivity contribution in [3.8, 4) is 0 Å². The molecule has 0 heterocycles. The van der Waals surface area contributed by atoms with Crippen LogP contribution in [0, 0.1) is 0 Å². The third-order valence-corrected chi connectivity index (χ3v) is 5.50. The molecule has 0 spiro atoms. The molecule has 0 amide bonds. The molecule has 4 nitrogen and oxygen atoms in total. The van der Waals surface area contributed by atoms with E-state index in [4.69, 9.17) is 0 Å². The zero-order chi connectivity index (χ0) is 18.2. The summed E-state index contributed by atoms with van der Waals surface area (Å²) in [7, 11) is 0. The number of carbonyl (C=O) groups excluding carboxylic acids is 2. The first-order valence-electron chi connectivity index (χ1n) is 9.23. The molecule has 0 aliphatic carbocycles. The van der Waals surface area contributed by atoms with Crippen LogP contribution in [0.3, 0.4) is 0 Å². The molecule has 0 fully saturated rings. The van der Waals surface area contributed by atoms with Crippen molar-refractivity contribution in [1.29, 1.82) is 0 Å². The van der Waals surface area contributed by atoms with Crippen LogP contribution in [-0.4, -0.2) is 21.6 Å². The maximum Gasteiger partial charge on any atom is 0.369 e. The Kier molecular flexibility index (Phi) is 16.3. The van der Waals surface area contributed by atoms with Gasteiger partial charge >= 0.3 is 11.9 Å². The maximum atomic E-state index is 11.8. The number of unbranched alkanes of at least 4 members (excludes halogenated alkanes) is 8. The quantitative estimate of drug-likeness (QED) is 0.130. The van der Waals surface area contributed by atoms with Crippen LogP contribution in [0.25, 0.3) is 0 Å². The van der Waals surface area contributed by atoms with E-state index in [1.807, 2.05) is 0 Å². The fraction of sp³-hybridized carbons (Fsp3) is 0.889. The second-order valence-electron chi connectivity index (χ2n) is 6.15. The lowest BCUT2D eigenvalue weighted by atomic mass is 10.1. The highest BCUT2D eigenvalue weighted by molar-refractivity contribution is 9.10. The molecule has 2 atom stereocenters. The van der Waals surface area contributed by atoms with Gasteiger partial charge in [0.15, 0.2) is 0 Å². The van der Waals surface area contributed by atoms with Gasteiger partial charge in [-0.25, -0.2) is 19.4 Å². The van der Waals surface area contributed by atoms with Gasteiger partial charge < -0.3 is 0 Å². The first kappa shape index (κ1) is 23.9. The fourth-order valence-corrected chi connectivity index (χ4v) is 3.08. The Bertz CT molecular complexity index is 305. The lowest BCUT2D eigenvalue weighted by Gasteiger charge is -2.10. The Balaban J connectivity index is 3.76. The van der Waals surface area contributed by atoms with Gasteiger partial charge in [-0.15, -0.1) is 0 Å². The molecule has 142 valence electrons. The predicted molar refractivity (Wildman–Crippen MR) is 104 cm³/mol. The van der Waals surface area contributed by atoms with E-state index in [1.54, 1.807) is 0 Å². The number of hydrogen-bond acceptors (Lipinski definition) is 4. The maximum absolute atomic E-state index is 11.8. The van der Waals surface area contributed by atoms with Crippen molar-refractivity contribution in [2.75, 3.05) is 0 Å². The summed E-state index contributed by atoms with van der Waals surface area (Å²) in [5, 5.41) is 0. The SMILES string of the molecule is CCCCCCCC(Br)C(=O)OOC(=O)C(Br)CCCCCCC. The Morgan fingerprint density at radius 1 is 0.667 bits per heavy atom. The van der Waals surface area contributed by atoms with Crippen LogP contribution in [0.4, 0.5) is 0 Å². The summed E-state index contributed by atoms with van der Waals surface area (Å²) in [6, 6.07) is 0. The summed E-state index contributed by atoms with van der Waals surface area (Å²) in [4.78, 5) is 32.0. The van der Waals surface area contributed by atoms with Crippen LogP contribution >= 0.6 is 31.9 Å². The number of hydrogen-bond donors (Lipinski definition) is 0. The summed E-state index contributed by atoms with van der Waals surface area (Å²) in [5.41, 5.74) is 0. The highest BCUT2D eigenvalue weighted by atomic mass is 79.9. The van der Waals surface area contributed by atoms with Crippen molar-refractivity contribution in [2.24, 2.45) is 0 Å². The van der Waals surface area contributed by atoms with Crippen LogP contribution in [0.2, 0.25) is 0 Å². The number of carbonyl (C=O) groups is 2. The monoisotopic (exact) mass is 470 g/mol. The van der Waals surface area contributed by atoms with E-state index in [1.165, 1.54) is 38.5 Å². The van der Waals surface area contributed by atoms with E-state index in [-0.39, 0.29) is 0 Å². The first-order valence-corrected chi connectivity index (χ1v) is 11.1. The molecule has 0 radical (unpaired) electrons. The molecule has 0 aromatic heterocycles. The van der Waals surface area contributed by atoms with Crippen molar-refractivity contribution in [3.05, 3.63) is 0 Å². The molecule has 0 N–H and O–H groups in total. The zero-order valence-electron chi connectivity index (χ0n) is 15.0. The molecule has 0 aromatic carbocycles. The number of alkyl halides is 2. The minimum absolute atomic E-state index is 0.422. The summed E-state index contributed by atoms with van der Waals surface area (Å²) in [6.45, 7) is 4.34. The molecule has 0 saturated heterocycles. The Morgan fingerprint density at radius 3 is 1.33 bits per heavy atom. The molecule has 0 aliphatic rings. The predicted octanol–water partition coefficient (Wildman–Crippen LogP) is 6.24. The Labute approximate surface area is 163 Å². The molecule has 24 heavy (non-hydrogen) atoms. The molecule has 0 rings (SSSR count). The van der Waals surface area contributed by atoms with Crippen LogP contribution in [0.5, 0.6) is 0 Å². The average molecular weight is 472 g/mol. The molecule has 0 aromatic rings. The standard InChI is InChI=1S/C18H32Br2O4/c1-3-5-7-9-11-13-15(19)17(21)23-24-18(22)16(20)14-12-10-8-6-4-2/h15-16H,3-14H2,1-2H3. The molecule has 0 bridgehead atoms. The van der Waals surface area contributed by atoms with Gasteiger partial charge in [-0.05, 0) is 12.8 Å². The second kappa shape index (κ2) is 16.4. The van der Waals surface area contributed by atoms with Crippen molar-refractivity contribution in [2.45, 2.75) is 101 Å². The largest absolute Gasteiger partial charge is 0.369 e. The van der Waals surface area contributed by atoms with E-state index < -0.39 is 21.6 Å². The van der Waals surface area contributed by atoms with Crippen LogP contribution in [-0.2, 0) is 19.4 Å². The normalized spacial score (nSPS) is 13.3. The number of halogens is 2. The topological polar surface area (TPSA) is 52.6 Å². The van der Waals surface area contributed by atoms with Gasteiger partial charge in [0.25, 0.3) is 0 Å². The molecule has 2 unspecified atom stereocenters. The smallest absolute Gasteiger partial charge is 0.246 e. The molecular weight excluding hydrogens is 440 g/mol. The van der Waals surface area contributed by atoms with Crippen molar-refractivity contribution >= 4 is 43.8 Å². The minimum Gasteiger partial charge on any atom is -0.246 e. The van der Waals surface area contributed by atoms with Gasteiger partial charge in [-0.3, -0.25) is 0 Å². The molecular formula is C18H32Br2O4. The molecule has 6 heteroatoms. The van der Waals surface area contributed by atoms with E-state index in [0.29, 0.717) is 12.8 Å². The van der Waals surface area contributed by atoms with Gasteiger partial charge in [0.1, 0.15) is 9.65 Å². The summed E-state index contributed by atoms with van der Waals surface area (Å²) >= 11 is 6.58. The molecule has 0 aliphatic heterocycles. The van der Waals surface area contributed by atoms with Gasteiger partial charge in [-0.2, -0.15) is 0 Å². The lowest BCUT2D eigenvalue weighted by Crippen LogP contribution is -2.23.